The highest BCUT2D eigenvalue weighted by Gasteiger charge is 2.28. The SMILES string of the molecule is CC(C)(C)C1CCCN(c2nc(Cl)c(Cl)cc2Cl)CC1. The van der Waals surface area contributed by atoms with E-state index in [-0.39, 0.29) is 0 Å². The van der Waals surface area contributed by atoms with Crippen LogP contribution in [0, 0.1) is 11.3 Å². The molecule has 1 aromatic heterocycles. The number of pyridine rings is 1. The van der Waals surface area contributed by atoms with E-state index >= 15 is 0 Å². The number of rotatable bonds is 1. The van der Waals surface area contributed by atoms with Gasteiger partial charge in [0.2, 0.25) is 0 Å². The van der Waals surface area contributed by atoms with Crippen LogP contribution in [0.1, 0.15) is 40.0 Å². The molecule has 0 amide bonds. The smallest absolute Gasteiger partial charge is 0.150 e. The Morgan fingerprint density at radius 2 is 1.80 bits per heavy atom. The molecule has 0 aliphatic carbocycles. The third kappa shape index (κ3) is 3.72. The van der Waals surface area contributed by atoms with Crippen molar-refractivity contribution in [1.29, 1.82) is 0 Å². The van der Waals surface area contributed by atoms with Crippen molar-refractivity contribution >= 4 is 40.6 Å². The number of aromatic nitrogens is 1. The van der Waals surface area contributed by atoms with Gasteiger partial charge in [-0.15, -0.1) is 0 Å². The van der Waals surface area contributed by atoms with Crippen LogP contribution in [0.15, 0.2) is 6.07 Å². The first kappa shape index (κ1) is 16.2. The molecular formula is C15H21Cl3N2. The molecule has 0 saturated carbocycles. The van der Waals surface area contributed by atoms with E-state index in [2.05, 4.69) is 30.7 Å². The van der Waals surface area contributed by atoms with Crippen LogP contribution < -0.4 is 4.90 Å². The number of hydrogen-bond donors (Lipinski definition) is 0. The van der Waals surface area contributed by atoms with Gasteiger partial charge in [0.25, 0.3) is 0 Å². The lowest BCUT2D eigenvalue weighted by atomic mass is 9.77. The first-order valence-corrected chi connectivity index (χ1v) is 8.19. The van der Waals surface area contributed by atoms with E-state index in [1.54, 1.807) is 6.07 Å². The molecule has 2 nitrogen and oxygen atoms in total. The van der Waals surface area contributed by atoms with Crippen LogP contribution in [-0.4, -0.2) is 18.1 Å². The fourth-order valence-corrected chi connectivity index (χ4v) is 3.44. The Morgan fingerprint density at radius 3 is 2.45 bits per heavy atom. The maximum absolute atomic E-state index is 6.27. The third-order valence-electron chi connectivity index (χ3n) is 4.12. The Bertz CT molecular complexity index is 483. The lowest BCUT2D eigenvalue weighted by Gasteiger charge is -2.30. The summed E-state index contributed by atoms with van der Waals surface area (Å²) in [4.78, 5) is 6.58. The standard InChI is InChI=1S/C15H21Cl3N2/c1-15(2,3)10-5-4-7-20(8-6-10)14-12(17)9-11(16)13(18)19-14/h9-10H,4-8H2,1-3H3. The molecule has 0 N–H and O–H groups in total. The van der Waals surface area contributed by atoms with E-state index in [1.807, 2.05) is 0 Å². The Balaban J connectivity index is 2.17. The van der Waals surface area contributed by atoms with Crippen molar-refractivity contribution in [2.45, 2.75) is 40.0 Å². The van der Waals surface area contributed by atoms with E-state index < -0.39 is 0 Å². The van der Waals surface area contributed by atoms with Crippen LogP contribution in [-0.2, 0) is 0 Å². The summed E-state index contributed by atoms with van der Waals surface area (Å²) in [6, 6.07) is 1.68. The second-order valence-corrected chi connectivity index (χ2v) is 7.72. The number of halogens is 3. The summed E-state index contributed by atoms with van der Waals surface area (Å²) in [5.41, 5.74) is 0.352. The van der Waals surface area contributed by atoms with E-state index in [4.69, 9.17) is 34.8 Å². The van der Waals surface area contributed by atoms with Gasteiger partial charge in [-0.05, 0) is 36.7 Å². The predicted molar refractivity (Wildman–Crippen MR) is 88.3 cm³/mol. The highest BCUT2D eigenvalue weighted by molar-refractivity contribution is 6.42. The van der Waals surface area contributed by atoms with E-state index in [0.29, 0.717) is 20.6 Å². The lowest BCUT2D eigenvalue weighted by Crippen LogP contribution is -2.27. The van der Waals surface area contributed by atoms with E-state index in [9.17, 15) is 0 Å². The normalized spacial score (nSPS) is 20.9. The zero-order chi connectivity index (χ0) is 14.9. The largest absolute Gasteiger partial charge is 0.355 e. The summed E-state index contributed by atoms with van der Waals surface area (Å²) in [7, 11) is 0. The zero-order valence-corrected chi connectivity index (χ0v) is 14.5. The topological polar surface area (TPSA) is 16.1 Å². The van der Waals surface area contributed by atoms with Crippen LogP contribution in [0.4, 0.5) is 5.82 Å². The Labute approximate surface area is 136 Å². The molecule has 0 aromatic carbocycles. The van der Waals surface area contributed by atoms with Crippen LogP contribution >= 0.6 is 34.8 Å². The fourth-order valence-electron chi connectivity index (χ4n) is 2.83. The number of nitrogens with zero attached hydrogens (tertiary/aromatic N) is 2. The van der Waals surface area contributed by atoms with Gasteiger partial charge in [0.15, 0.2) is 0 Å². The van der Waals surface area contributed by atoms with Crippen molar-refractivity contribution in [3.05, 3.63) is 21.3 Å². The molecule has 0 spiro atoms. The van der Waals surface area contributed by atoms with Crippen LogP contribution in [0.25, 0.3) is 0 Å². The molecule has 5 heteroatoms. The Morgan fingerprint density at radius 1 is 1.10 bits per heavy atom. The number of anilines is 1. The van der Waals surface area contributed by atoms with Gasteiger partial charge in [-0.3, -0.25) is 0 Å². The molecule has 1 saturated heterocycles. The minimum atomic E-state index is 0.322. The molecule has 0 radical (unpaired) electrons. The average molecular weight is 336 g/mol. The lowest BCUT2D eigenvalue weighted by molar-refractivity contribution is 0.220. The van der Waals surface area contributed by atoms with Crippen molar-refractivity contribution < 1.29 is 0 Å². The number of hydrogen-bond acceptors (Lipinski definition) is 2. The van der Waals surface area contributed by atoms with Crippen LogP contribution in [0.5, 0.6) is 0 Å². The minimum Gasteiger partial charge on any atom is -0.355 e. The molecule has 112 valence electrons. The summed E-state index contributed by atoms with van der Waals surface area (Å²) < 4.78 is 0. The monoisotopic (exact) mass is 334 g/mol. The summed E-state index contributed by atoms with van der Waals surface area (Å²) >= 11 is 18.2. The molecule has 1 aliphatic rings. The summed E-state index contributed by atoms with van der Waals surface area (Å²) in [5, 5.41) is 1.30. The highest BCUT2D eigenvalue weighted by Crippen LogP contribution is 2.37. The van der Waals surface area contributed by atoms with E-state index in [1.165, 1.54) is 6.42 Å². The molecule has 1 aliphatic heterocycles. The van der Waals surface area contributed by atoms with Crippen LogP contribution in [0.3, 0.4) is 0 Å². The van der Waals surface area contributed by atoms with Crippen molar-refractivity contribution in [2.75, 3.05) is 18.0 Å². The van der Waals surface area contributed by atoms with E-state index in [0.717, 1.165) is 37.7 Å². The molecule has 1 aromatic rings. The summed E-state index contributed by atoms with van der Waals surface area (Å²) in [5.74, 6) is 1.49. The molecule has 1 atom stereocenters. The third-order valence-corrected chi connectivity index (χ3v) is 5.07. The zero-order valence-electron chi connectivity index (χ0n) is 12.2. The van der Waals surface area contributed by atoms with Gasteiger partial charge in [-0.1, -0.05) is 55.6 Å². The molecular weight excluding hydrogens is 315 g/mol. The van der Waals surface area contributed by atoms with Crippen molar-refractivity contribution in [1.82, 2.24) is 4.98 Å². The van der Waals surface area contributed by atoms with Gasteiger partial charge in [-0.25, -0.2) is 4.98 Å². The molecule has 0 bridgehead atoms. The maximum Gasteiger partial charge on any atom is 0.150 e. The highest BCUT2D eigenvalue weighted by atomic mass is 35.5. The quantitative estimate of drug-likeness (QED) is 0.612. The Kier molecular flexibility index (Phi) is 5.09. The second kappa shape index (κ2) is 6.29. The van der Waals surface area contributed by atoms with Gasteiger partial charge in [0, 0.05) is 13.1 Å². The molecule has 1 fully saturated rings. The van der Waals surface area contributed by atoms with Crippen molar-refractivity contribution in [3.63, 3.8) is 0 Å². The molecule has 2 heterocycles. The van der Waals surface area contributed by atoms with Crippen molar-refractivity contribution in [2.24, 2.45) is 11.3 Å². The van der Waals surface area contributed by atoms with Gasteiger partial charge in [0.05, 0.1) is 10.0 Å². The first-order valence-electron chi connectivity index (χ1n) is 7.05. The van der Waals surface area contributed by atoms with Crippen molar-refractivity contribution in [3.8, 4) is 0 Å². The first-order chi connectivity index (χ1) is 9.29. The summed E-state index contributed by atoms with van der Waals surface area (Å²) in [6.07, 6.45) is 3.56. The molecule has 2 rings (SSSR count). The van der Waals surface area contributed by atoms with Gasteiger partial charge >= 0.3 is 0 Å². The average Bonchev–Trinajstić information content (AvgIpc) is 2.59. The molecule has 20 heavy (non-hydrogen) atoms. The fraction of sp³-hybridized carbons (Fsp3) is 0.667. The second-order valence-electron chi connectivity index (χ2n) is 6.55. The Hall–Kier alpha value is -0.180. The summed E-state index contributed by atoms with van der Waals surface area (Å²) in [6.45, 7) is 8.89. The predicted octanol–water partition coefficient (Wildman–Crippen LogP) is 5.69. The van der Waals surface area contributed by atoms with Gasteiger partial charge in [-0.2, -0.15) is 0 Å². The molecule has 1 unspecified atom stereocenters. The van der Waals surface area contributed by atoms with Gasteiger partial charge in [0.1, 0.15) is 11.0 Å². The van der Waals surface area contributed by atoms with Gasteiger partial charge < -0.3 is 4.90 Å². The maximum atomic E-state index is 6.27. The minimum absolute atomic E-state index is 0.322. The van der Waals surface area contributed by atoms with Crippen LogP contribution in [0.2, 0.25) is 15.2 Å².